The van der Waals surface area contributed by atoms with Gasteiger partial charge in [-0.2, -0.15) is 0 Å². The van der Waals surface area contributed by atoms with Crippen LogP contribution in [0.3, 0.4) is 0 Å². The van der Waals surface area contributed by atoms with Gasteiger partial charge in [0.15, 0.2) is 5.96 Å². The summed E-state index contributed by atoms with van der Waals surface area (Å²) in [4.78, 5) is 4.00. The lowest BCUT2D eigenvalue weighted by molar-refractivity contribution is 0.0542. The average molecular weight is 470 g/mol. The molecule has 4 rings (SSSR count). The zero-order valence-electron chi connectivity index (χ0n) is 19.1. The van der Waals surface area contributed by atoms with Crippen molar-refractivity contribution in [2.24, 2.45) is 16.5 Å². The van der Waals surface area contributed by atoms with Gasteiger partial charge in [-0.1, -0.05) is 24.3 Å². The van der Waals surface area contributed by atoms with Gasteiger partial charge >= 0.3 is 0 Å². The van der Waals surface area contributed by atoms with Crippen molar-refractivity contribution in [3.05, 3.63) is 59.7 Å². The quantitative estimate of drug-likeness (QED) is 0.240. The molecule has 3 aromatic rings. The molecule has 0 radical (unpaired) electrons. The maximum Gasteiger partial charge on any atom is 0.191 e. The molecule has 1 aliphatic rings. The van der Waals surface area contributed by atoms with Crippen molar-refractivity contribution in [3.63, 3.8) is 0 Å². The predicted octanol–water partition coefficient (Wildman–Crippen LogP) is 5.51. The molecule has 1 atom stereocenters. The molecule has 5 N–H and O–H groups in total. The van der Waals surface area contributed by atoms with Gasteiger partial charge in [0.1, 0.15) is 22.8 Å². The lowest BCUT2D eigenvalue weighted by Crippen LogP contribution is -2.36. The Hall–Kier alpha value is -3.12. The van der Waals surface area contributed by atoms with Crippen LogP contribution < -0.4 is 20.9 Å². The van der Waals surface area contributed by atoms with Crippen molar-refractivity contribution in [2.45, 2.75) is 51.6 Å². The van der Waals surface area contributed by atoms with Gasteiger partial charge in [-0.25, -0.2) is 4.99 Å². The fourth-order valence-corrected chi connectivity index (χ4v) is 4.40. The third-order valence-electron chi connectivity index (χ3n) is 6.22. The smallest absolute Gasteiger partial charge is 0.191 e. The van der Waals surface area contributed by atoms with Crippen LogP contribution in [0.25, 0.3) is 10.8 Å². The molecule has 0 aliphatic carbocycles. The second-order valence-electron chi connectivity index (χ2n) is 8.71. The Morgan fingerprint density at radius 2 is 1.79 bits per heavy atom. The number of phenols is 1. The summed E-state index contributed by atoms with van der Waals surface area (Å²) in [6, 6.07) is 15.3. The van der Waals surface area contributed by atoms with Crippen molar-refractivity contribution in [1.82, 2.24) is 0 Å². The summed E-state index contributed by atoms with van der Waals surface area (Å²) >= 11 is 0. The fourth-order valence-electron chi connectivity index (χ4n) is 4.40. The van der Waals surface area contributed by atoms with E-state index in [1.165, 1.54) is 0 Å². The Bertz CT molecular complexity index is 1140. The molecule has 176 valence electrons. The van der Waals surface area contributed by atoms with Crippen LogP contribution in [0.4, 0.5) is 5.69 Å². The van der Waals surface area contributed by atoms with Gasteiger partial charge in [-0.3, -0.25) is 0 Å². The largest absolute Gasteiger partial charge is 0.507 e. The third kappa shape index (κ3) is 5.45. The van der Waals surface area contributed by atoms with Crippen molar-refractivity contribution in [3.8, 4) is 17.2 Å². The lowest BCUT2D eigenvalue weighted by Gasteiger charge is -2.37. The second-order valence-corrected chi connectivity index (χ2v) is 8.71. The Kier molecular flexibility index (Phi) is 7.59. The molecule has 6 nitrogen and oxygen atoms in total. The molecule has 0 bridgehead atoms. The molecule has 0 aromatic heterocycles. The molecule has 3 aromatic carbocycles. The summed E-state index contributed by atoms with van der Waals surface area (Å²) < 4.78 is 12.4. The minimum absolute atomic E-state index is 0. The van der Waals surface area contributed by atoms with Crippen LogP contribution in [0, 0.1) is 6.92 Å². The molecule has 33 heavy (non-hydrogen) atoms. The molecule has 0 saturated carbocycles. The Labute approximate surface area is 201 Å². The zero-order valence-corrected chi connectivity index (χ0v) is 20.0. The van der Waals surface area contributed by atoms with Crippen LogP contribution in [0.5, 0.6) is 17.2 Å². The van der Waals surface area contributed by atoms with Crippen LogP contribution in [0.1, 0.15) is 43.7 Å². The van der Waals surface area contributed by atoms with Crippen LogP contribution >= 0.6 is 12.4 Å². The van der Waals surface area contributed by atoms with Crippen molar-refractivity contribution in [1.29, 1.82) is 0 Å². The summed E-state index contributed by atoms with van der Waals surface area (Å²) in [6.07, 6.45) is 4.75. The summed E-state index contributed by atoms with van der Waals surface area (Å²) in [5.41, 5.74) is 13.3. The topological polar surface area (TPSA) is 103 Å². The number of nitrogens with zero attached hydrogens (tertiary/aromatic N) is 1. The highest BCUT2D eigenvalue weighted by Gasteiger charge is 2.33. The predicted molar refractivity (Wildman–Crippen MR) is 136 cm³/mol. The monoisotopic (exact) mass is 469 g/mol. The summed E-state index contributed by atoms with van der Waals surface area (Å²) in [7, 11) is 0. The number of fused-ring (bicyclic) bond motifs is 3. The molecular formula is C26H32ClN3O3. The van der Waals surface area contributed by atoms with Crippen LogP contribution in [-0.2, 0) is 6.42 Å². The Morgan fingerprint density at radius 1 is 1.09 bits per heavy atom. The number of unbranched alkanes of at least 4 members (excludes halogenated alkanes) is 1. The van der Waals surface area contributed by atoms with Gasteiger partial charge in [0.25, 0.3) is 0 Å². The number of benzene rings is 3. The first-order chi connectivity index (χ1) is 15.4. The third-order valence-corrected chi connectivity index (χ3v) is 6.22. The number of hydrogen-bond donors (Lipinski definition) is 3. The van der Waals surface area contributed by atoms with E-state index in [-0.39, 0.29) is 24.0 Å². The van der Waals surface area contributed by atoms with Gasteiger partial charge in [0.05, 0.1) is 12.3 Å². The van der Waals surface area contributed by atoms with E-state index in [1.807, 2.05) is 55.5 Å². The fraction of sp³-hybridized carbons (Fsp3) is 0.346. The maximum atomic E-state index is 10.6. The molecule has 0 amide bonds. The minimum atomic E-state index is -0.221. The first-order valence-corrected chi connectivity index (χ1v) is 11.1. The number of guanidine groups is 1. The van der Waals surface area contributed by atoms with Crippen LogP contribution in [0.15, 0.2) is 53.5 Å². The van der Waals surface area contributed by atoms with Gasteiger partial charge in [0, 0.05) is 16.3 Å². The van der Waals surface area contributed by atoms with Gasteiger partial charge in [-0.05, 0) is 75.8 Å². The van der Waals surface area contributed by atoms with E-state index in [0.29, 0.717) is 18.0 Å². The average Bonchev–Trinajstić information content (AvgIpc) is 2.78. The highest BCUT2D eigenvalue weighted by atomic mass is 35.5. The van der Waals surface area contributed by atoms with Crippen molar-refractivity contribution < 1.29 is 14.6 Å². The standard InChI is InChI=1S/C26H31N3O3.ClH/c1-17-20-13-15-26(2,32-24(20)22-8-4-3-7-21(22)23(17)30)14-5-6-16-31-19-11-9-18(10-12-19)29-25(27)28;/h3-4,7-12,30H,5-6,13-16H2,1-2H3,(H4,27,28,29);1H. The normalized spacial score (nSPS) is 16.9. The first kappa shape index (κ1) is 24.5. The van der Waals surface area contributed by atoms with Gasteiger partial charge in [0.2, 0.25) is 0 Å². The number of aliphatic imine (C=N–C) groups is 1. The molecular weight excluding hydrogens is 438 g/mol. The number of halogens is 1. The number of rotatable bonds is 7. The highest BCUT2D eigenvalue weighted by molar-refractivity contribution is 5.96. The minimum Gasteiger partial charge on any atom is -0.507 e. The zero-order chi connectivity index (χ0) is 22.7. The Morgan fingerprint density at radius 3 is 2.48 bits per heavy atom. The first-order valence-electron chi connectivity index (χ1n) is 11.1. The van der Waals surface area contributed by atoms with E-state index >= 15 is 0 Å². The number of hydrogen-bond acceptors (Lipinski definition) is 4. The lowest BCUT2D eigenvalue weighted by atomic mass is 9.85. The molecule has 1 heterocycles. The molecule has 7 heteroatoms. The van der Waals surface area contributed by atoms with Crippen molar-refractivity contribution >= 4 is 34.8 Å². The van der Waals surface area contributed by atoms with Gasteiger partial charge in [-0.15, -0.1) is 12.4 Å². The molecule has 1 aliphatic heterocycles. The number of nitrogens with two attached hydrogens (primary N) is 2. The van der Waals surface area contributed by atoms with E-state index in [9.17, 15) is 5.11 Å². The number of ether oxygens (including phenoxy) is 2. The van der Waals surface area contributed by atoms with E-state index in [0.717, 1.165) is 65.5 Å². The van der Waals surface area contributed by atoms with E-state index < -0.39 is 0 Å². The van der Waals surface area contributed by atoms with E-state index in [2.05, 4.69) is 11.9 Å². The Balaban J connectivity index is 0.00000306. The molecule has 0 fully saturated rings. The van der Waals surface area contributed by atoms with E-state index in [4.69, 9.17) is 20.9 Å². The number of aromatic hydroxyl groups is 1. The molecule has 0 spiro atoms. The maximum absolute atomic E-state index is 10.6. The summed E-state index contributed by atoms with van der Waals surface area (Å²) in [5.74, 6) is 2.15. The second kappa shape index (κ2) is 10.2. The van der Waals surface area contributed by atoms with E-state index in [1.54, 1.807) is 0 Å². The molecule has 0 saturated heterocycles. The van der Waals surface area contributed by atoms with Gasteiger partial charge < -0.3 is 26.0 Å². The van der Waals surface area contributed by atoms with Crippen molar-refractivity contribution in [2.75, 3.05) is 6.61 Å². The summed E-state index contributed by atoms with van der Waals surface area (Å²) in [6.45, 7) is 4.81. The molecule has 1 unspecified atom stereocenters. The number of phenolic OH excluding ortho intramolecular Hbond substituents is 1. The van der Waals surface area contributed by atoms with Crippen LogP contribution in [-0.4, -0.2) is 23.3 Å². The highest BCUT2D eigenvalue weighted by Crippen LogP contribution is 2.46. The van der Waals surface area contributed by atoms with Crippen LogP contribution in [0.2, 0.25) is 0 Å². The SMILES string of the molecule is Cc1c2c(c3ccccc3c1O)OC(C)(CCCCOc1ccc(N=C(N)N)cc1)CC2.Cl. The summed E-state index contributed by atoms with van der Waals surface area (Å²) in [5, 5.41) is 12.4.